The van der Waals surface area contributed by atoms with Crippen LogP contribution in [0.25, 0.3) is 0 Å². The Hall–Kier alpha value is -1.88. The summed E-state index contributed by atoms with van der Waals surface area (Å²) < 4.78 is 6.15. The lowest BCUT2D eigenvalue weighted by atomic mass is 9.89. The van der Waals surface area contributed by atoms with E-state index in [1.165, 1.54) is 0 Å². The minimum Gasteiger partial charge on any atom is -0.353 e. The monoisotopic (exact) mass is 358 g/mol. The van der Waals surface area contributed by atoms with Gasteiger partial charge in [0.15, 0.2) is 0 Å². The number of aryl methyl sites for hydroxylation is 1. The van der Waals surface area contributed by atoms with E-state index in [0.717, 1.165) is 44.1 Å². The van der Waals surface area contributed by atoms with Crippen molar-refractivity contribution in [1.82, 2.24) is 10.2 Å². The maximum absolute atomic E-state index is 13.4. The van der Waals surface area contributed by atoms with Gasteiger partial charge >= 0.3 is 0 Å². The van der Waals surface area contributed by atoms with Gasteiger partial charge in [-0.25, -0.2) is 0 Å². The van der Waals surface area contributed by atoms with Crippen molar-refractivity contribution in [2.24, 2.45) is 0 Å². The molecule has 1 spiro atoms. The molecule has 1 N–H and O–H groups in total. The molecule has 1 aromatic carbocycles. The van der Waals surface area contributed by atoms with Crippen LogP contribution in [0.15, 0.2) is 24.3 Å². The summed E-state index contributed by atoms with van der Waals surface area (Å²) in [5.41, 5.74) is 1.10. The molecule has 2 amide bonds. The molecule has 2 fully saturated rings. The fourth-order valence-corrected chi connectivity index (χ4v) is 3.95. The van der Waals surface area contributed by atoms with Gasteiger partial charge < -0.3 is 10.1 Å². The van der Waals surface area contributed by atoms with Crippen LogP contribution in [0.2, 0.25) is 0 Å². The summed E-state index contributed by atoms with van der Waals surface area (Å²) in [5, 5.41) is 3.03. The Morgan fingerprint density at radius 2 is 1.88 bits per heavy atom. The van der Waals surface area contributed by atoms with Gasteiger partial charge in [0.25, 0.3) is 5.91 Å². The second kappa shape index (κ2) is 7.78. The molecule has 1 aromatic rings. The number of amides is 2. The van der Waals surface area contributed by atoms with E-state index in [9.17, 15) is 9.59 Å². The number of rotatable bonds is 4. The number of carbonyl (C=O) groups excluding carboxylic acids is 2. The molecular formula is C21H30N2O3. The lowest BCUT2D eigenvalue weighted by molar-refractivity contribution is -0.127. The fraction of sp³-hybridized carbons (Fsp3) is 0.619. The van der Waals surface area contributed by atoms with Gasteiger partial charge in [0.1, 0.15) is 11.8 Å². The van der Waals surface area contributed by atoms with Gasteiger partial charge in [0.2, 0.25) is 5.91 Å². The third-order valence-corrected chi connectivity index (χ3v) is 5.72. The van der Waals surface area contributed by atoms with Crippen LogP contribution in [0.3, 0.4) is 0 Å². The smallest absolute Gasteiger partial charge is 0.256 e. The van der Waals surface area contributed by atoms with Crippen LogP contribution >= 0.6 is 0 Å². The summed E-state index contributed by atoms with van der Waals surface area (Å²) in [5.74, 6) is -0.212. The Morgan fingerprint density at radius 3 is 2.50 bits per heavy atom. The van der Waals surface area contributed by atoms with Gasteiger partial charge in [-0.1, -0.05) is 31.0 Å². The van der Waals surface area contributed by atoms with E-state index in [0.29, 0.717) is 5.56 Å². The zero-order chi connectivity index (χ0) is 18.7. The highest BCUT2D eigenvalue weighted by molar-refractivity contribution is 5.98. The number of nitrogens with zero attached hydrogens (tertiary/aromatic N) is 1. The highest BCUT2D eigenvalue weighted by atomic mass is 16.5. The van der Waals surface area contributed by atoms with Crippen LogP contribution in [0.5, 0.6) is 0 Å². The fourth-order valence-electron chi connectivity index (χ4n) is 3.95. The van der Waals surface area contributed by atoms with E-state index in [1.54, 1.807) is 4.90 Å². The molecule has 0 aromatic heterocycles. The Balaban J connectivity index is 1.90. The molecule has 2 aliphatic rings. The third kappa shape index (κ3) is 3.63. The van der Waals surface area contributed by atoms with Crippen molar-refractivity contribution in [2.45, 2.75) is 77.1 Å². The van der Waals surface area contributed by atoms with Crippen molar-refractivity contribution in [1.29, 1.82) is 0 Å². The first-order valence-electron chi connectivity index (χ1n) is 9.81. The van der Waals surface area contributed by atoms with Crippen LogP contribution < -0.4 is 5.32 Å². The van der Waals surface area contributed by atoms with E-state index < -0.39 is 11.8 Å². The molecule has 1 heterocycles. The van der Waals surface area contributed by atoms with Crippen molar-refractivity contribution in [2.75, 3.05) is 6.61 Å². The molecule has 2 unspecified atom stereocenters. The highest BCUT2D eigenvalue weighted by Gasteiger charge is 2.53. The highest BCUT2D eigenvalue weighted by Crippen LogP contribution is 2.41. The second-order valence-corrected chi connectivity index (χ2v) is 7.69. The number of nitrogens with one attached hydrogen (secondary N) is 1. The van der Waals surface area contributed by atoms with Crippen molar-refractivity contribution in [3.05, 3.63) is 35.4 Å². The van der Waals surface area contributed by atoms with Crippen molar-refractivity contribution < 1.29 is 14.3 Å². The largest absolute Gasteiger partial charge is 0.353 e. The number of ether oxygens (including phenoxy) is 1. The van der Waals surface area contributed by atoms with Crippen LogP contribution in [-0.4, -0.2) is 41.1 Å². The Labute approximate surface area is 156 Å². The first-order chi connectivity index (χ1) is 12.5. The van der Waals surface area contributed by atoms with Gasteiger partial charge in [0.05, 0.1) is 6.61 Å². The van der Waals surface area contributed by atoms with Crippen molar-refractivity contribution in [3.63, 3.8) is 0 Å². The van der Waals surface area contributed by atoms with E-state index in [4.69, 9.17) is 4.74 Å². The minimum absolute atomic E-state index is 0.0849. The second-order valence-electron chi connectivity index (χ2n) is 7.69. The maximum atomic E-state index is 13.4. The third-order valence-electron chi connectivity index (χ3n) is 5.72. The van der Waals surface area contributed by atoms with Crippen LogP contribution in [-0.2, 0) is 9.53 Å². The normalized spacial score (nSPS) is 23.0. The minimum atomic E-state index is -0.627. The van der Waals surface area contributed by atoms with Gasteiger partial charge in [-0.15, -0.1) is 0 Å². The molecule has 0 radical (unpaired) electrons. The molecule has 0 bridgehead atoms. The number of hydrogen-bond donors (Lipinski definition) is 1. The molecule has 1 saturated carbocycles. The van der Waals surface area contributed by atoms with Gasteiger partial charge in [-0.05, 0) is 58.1 Å². The summed E-state index contributed by atoms with van der Waals surface area (Å²) in [7, 11) is 0. The van der Waals surface area contributed by atoms with Gasteiger partial charge in [-0.3, -0.25) is 14.5 Å². The molecule has 3 rings (SSSR count). The average Bonchev–Trinajstić information content (AvgIpc) is 3.00. The van der Waals surface area contributed by atoms with E-state index >= 15 is 0 Å². The van der Waals surface area contributed by atoms with E-state index in [-0.39, 0.29) is 24.5 Å². The maximum Gasteiger partial charge on any atom is 0.256 e. The Kier molecular flexibility index (Phi) is 5.66. The molecule has 5 nitrogen and oxygen atoms in total. The Bertz CT molecular complexity index is 650. The molecule has 1 aliphatic carbocycles. The molecule has 2 atom stereocenters. The van der Waals surface area contributed by atoms with Crippen molar-refractivity contribution in [3.8, 4) is 0 Å². The zero-order valence-corrected chi connectivity index (χ0v) is 16.1. The summed E-state index contributed by atoms with van der Waals surface area (Å²) in [4.78, 5) is 28.0. The zero-order valence-electron chi connectivity index (χ0n) is 16.1. The molecule has 1 saturated heterocycles. The Morgan fingerprint density at radius 1 is 1.23 bits per heavy atom. The summed E-state index contributed by atoms with van der Waals surface area (Å²) >= 11 is 0. The predicted molar refractivity (Wildman–Crippen MR) is 101 cm³/mol. The molecule has 142 valence electrons. The van der Waals surface area contributed by atoms with Gasteiger partial charge in [0, 0.05) is 11.6 Å². The van der Waals surface area contributed by atoms with Crippen LogP contribution in [0.4, 0.5) is 0 Å². The first kappa shape index (κ1) is 18.9. The van der Waals surface area contributed by atoms with Crippen molar-refractivity contribution >= 4 is 11.8 Å². The number of hydrogen-bond acceptors (Lipinski definition) is 3. The molecule has 5 heteroatoms. The SMILES string of the molecule is CCC(C)NC(=O)C1COC2(CCCCC2)N1C(=O)c1ccc(C)cc1. The van der Waals surface area contributed by atoms with Gasteiger partial charge in [-0.2, -0.15) is 0 Å². The summed E-state index contributed by atoms with van der Waals surface area (Å²) in [6.07, 6.45) is 5.67. The van der Waals surface area contributed by atoms with Crippen LogP contribution in [0, 0.1) is 6.92 Å². The lowest BCUT2D eigenvalue weighted by Crippen LogP contribution is -2.57. The first-order valence-corrected chi connectivity index (χ1v) is 9.81. The molecule has 1 aliphatic heterocycles. The number of carbonyl (C=O) groups is 2. The molecule has 26 heavy (non-hydrogen) atoms. The standard InChI is InChI=1S/C21H30N2O3/c1-4-16(3)22-19(24)18-14-26-21(12-6-5-7-13-21)23(18)20(25)17-10-8-15(2)9-11-17/h8-11,16,18H,4-7,12-14H2,1-3H3,(H,22,24). The number of benzene rings is 1. The summed E-state index contributed by atoms with van der Waals surface area (Å²) in [6, 6.07) is 7.09. The quantitative estimate of drug-likeness (QED) is 0.897. The summed E-state index contributed by atoms with van der Waals surface area (Å²) in [6.45, 7) is 6.29. The van der Waals surface area contributed by atoms with E-state index in [1.807, 2.05) is 45.0 Å². The predicted octanol–water partition coefficient (Wildman–Crippen LogP) is 3.41. The van der Waals surface area contributed by atoms with Crippen LogP contribution in [0.1, 0.15) is 68.3 Å². The topological polar surface area (TPSA) is 58.6 Å². The lowest BCUT2D eigenvalue weighted by Gasteiger charge is -2.41. The molecular weight excluding hydrogens is 328 g/mol. The van der Waals surface area contributed by atoms with E-state index in [2.05, 4.69) is 5.32 Å². The average molecular weight is 358 g/mol.